The van der Waals surface area contributed by atoms with Gasteiger partial charge in [-0.3, -0.25) is 4.90 Å². The molecule has 3 unspecified atom stereocenters. The monoisotopic (exact) mass is 240 g/mol. The number of nitrogens with two attached hydrogens (primary N) is 1. The standard InChI is InChI=1S/C14H28N2O/c1-11-8-16(9-13(2,3)17-11)10-14(4)7-5-6-12(14)15/h11-12H,5-10,15H2,1-4H3. The van der Waals surface area contributed by atoms with E-state index < -0.39 is 0 Å². The van der Waals surface area contributed by atoms with E-state index in [1.54, 1.807) is 0 Å². The molecule has 2 N–H and O–H groups in total. The van der Waals surface area contributed by atoms with Crippen molar-refractivity contribution in [3.63, 3.8) is 0 Å². The fourth-order valence-corrected chi connectivity index (χ4v) is 3.67. The minimum absolute atomic E-state index is 0.0171. The van der Waals surface area contributed by atoms with Gasteiger partial charge in [-0.15, -0.1) is 0 Å². The van der Waals surface area contributed by atoms with E-state index in [1.807, 2.05) is 0 Å². The number of nitrogens with zero attached hydrogens (tertiary/aromatic N) is 1. The average Bonchev–Trinajstić information content (AvgIpc) is 2.42. The van der Waals surface area contributed by atoms with Crippen LogP contribution in [-0.4, -0.2) is 42.3 Å². The molecule has 2 fully saturated rings. The second kappa shape index (κ2) is 4.52. The Bertz CT molecular complexity index is 279. The minimum Gasteiger partial charge on any atom is -0.370 e. The van der Waals surface area contributed by atoms with Crippen LogP contribution >= 0.6 is 0 Å². The first-order chi connectivity index (χ1) is 7.81. The number of rotatable bonds is 2. The van der Waals surface area contributed by atoms with Crippen molar-refractivity contribution >= 4 is 0 Å². The molecule has 2 aliphatic rings. The van der Waals surface area contributed by atoms with E-state index in [-0.39, 0.29) is 5.60 Å². The van der Waals surface area contributed by atoms with Gasteiger partial charge >= 0.3 is 0 Å². The van der Waals surface area contributed by atoms with Gasteiger partial charge < -0.3 is 10.5 Å². The molecule has 1 saturated carbocycles. The Morgan fingerprint density at radius 2 is 2.06 bits per heavy atom. The van der Waals surface area contributed by atoms with Crippen LogP contribution in [0.15, 0.2) is 0 Å². The average molecular weight is 240 g/mol. The van der Waals surface area contributed by atoms with Crippen molar-refractivity contribution in [3.05, 3.63) is 0 Å². The molecule has 17 heavy (non-hydrogen) atoms. The van der Waals surface area contributed by atoms with E-state index in [2.05, 4.69) is 32.6 Å². The number of ether oxygens (including phenoxy) is 1. The van der Waals surface area contributed by atoms with Gasteiger partial charge in [0.25, 0.3) is 0 Å². The highest BCUT2D eigenvalue weighted by Gasteiger charge is 2.40. The second-order valence-corrected chi connectivity index (χ2v) is 7.01. The van der Waals surface area contributed by atoms with Gasteiger partial charge in [-0.05, 0) is 39.0 Å². The van der Waals surface area contributed by atoms with Gasteiger partial charge in [0, 0.05) is 25.7 Å². The summed E-state index contributed by atoms with van der Waals surface area (Å²) in [4.78, 5) is 2.55. The summed E-state index contributed by atoms with van der Waals surface area (Å²) in [6.45, 7) is 12.1. The molecule has 0 radical (unpaired) electrons. The lowest BCUT2D eigenvalue weighted by molar-refractivity contribution is -0.134. The molecule has 3 nitrogen and oxygen atoms in total. The lowest BCUT2D eigenvalue weighted by atomic mass is 9.84. The zero-order chi connectivity index (χ0) is 12.7. The molecule has 0 aromatic heterocycles. The molecule has 0 bridgehead atoms. The summed E-state index contributed by atoms with van der Waals surface area (Å²) in [5, 5.41) is 0. The second-order valence-electron chi connectivity index (χ2n) is 7.01. The molecular formula is C14H28N2O. The maximum atomic E-state index is 6.27. The Labute approximate surface area is 106 Å². The molecule has 0 spiro atoms. The smallest absolute Gasteiger partial charge is 0.0757 e. The Hall–Kier alpha value is -0.120. The third kappa shape index (κ3) is 3.01. The fourth-order valence-electron chi connectivity index (χ4n) is 3.67. The van der Waals surface area contributed by atoms with Crippen LogP contribution in [-0.2, 0) is 4.74 Å². The largest absolute Gasteiger partial charge is 0.370 e. The summed E-state index contributed by atoms with van der Waals surface area (Å²) in [5.41, 5.74) is 6.57. The van der Waals surface area contributed by atoms with Crippen molar-refractivity contribution in [2.75, 3.05) is 19.6 Å². The summed E-state index contributed by atoms with van der Waals surface area (Å²) >= 11 is 0. The minimum atomic E-state index is -0.0171. The van der Waals surface area contributed by atoms with E-state index in [9.17, 15) is 0 Å². The highest BCUT2D eigenvalue weighted by atomic mass is 16.5. The first kappa shape index (κ1) is 13.3. The summed E-state index contributed by atoms with van der Waals surface area (Å²) < 4.78 is 5.96. The number of hydrogen-bond donors (Lipinski definition) is 1. The first-order valence-corrected chi connectivity index (χ1v) is 6.97. The Morgan fingerprint density at radius 1 is 1.35 bits per heavy atom. The van der Waals surface area contributed by atoms with Crippen LogP contribution in [0.3, 0.4) is 0 Å². The quantitative estimate of drug-likeness (QED) is 0.802. The maximum absolute atomic E-state index is 6.27. The van der Waals surface area contributed by atoms with Crippen LogP contribution in [0.4, 0.5) is 0 Å². The molecule has 1 heterocycles. The van der Waals surface area contributed by atoms with Crippen LogP contribution in [0.5, 0.6) is 0 Å². The summed E-state index contributed by atoms with van der Waals surface area (Å²) in [7, 11) is 0. The predicted octanol–water partition coefficient (Wildman–Crippen LogP) is 2.00. The van der Waals surface area contributed by atoms with Crippen molar-refractivity contribution in [3.8, 4) is 0 Å². The van der Waals surface area contributed by atoms with Gasteiger partial charge in [0.05, 0.1) is 11.7 Å². The van der Waals surface area contributed by atoms with Crippen LogP contribution < -0.4 is 5.73 Å². The summed E-state index contributed by atoms with van der Waals surface area (Å²) in [6.07, 6.45) is 4.10. The van der Waals surface area contributed by atoms with Gasteiger partial charge in [-0.2, -0.15) is 0 Å². The van der Waals surface area contributed by atoms with Crippen LogP contribution in [0, 0.1) is 5.41 Å². The Balaban J connectivity index is 1.99. The summed E-state index contributed by atoms with van der Waals surface area (Å²) in [5.74, 6) is 0. The van der Waals surface area contributed by atoms with Crippen molar-refractivity contribution in [1.82, 2.24) is 4.90 Å². The zero-order valence-electron chi connectivity index (χ0n) is 11.8. The molecule has 3 heteroatoms. The molecule has 2 rings (SSSR count). The Morgan fingerprint density at radius 3 is 2.59 bits per heavy atom. The van der Waals surface area contributed by atoms with Gasteiger partial charge in [0.15, 0.2) is 0 Å². The predicted molar refractivity (Wildman–Crippen MR) is 71.0 cm³/mol. The van der Waals surface area contributed by atoms with Crippen LogP contribution in [0.25, 0.3) is 0 Å². The molecule has 1 aliphatic carbocycles. The molecule has 0 amide bonds. The zero-order valence-corrected chi connectivity index (χ0v) is 11.8. The molecular weight excluding hydrogens is 212 g/mol. The topological polar surface area (TPSA) is 38.5 Å². The lowest BCUT2D eigenvalue weighted by Gasteiger charge is -2.45. The molecule has 1 aliphatic heterocycles. The van der Waals surface area contributed by atoms with E-state index in [4.69, 9.17) is 10.5 Å². The number of hydrogen-bond acceptors (Lipinski definition) is 3. The van der Waals surface area contributed by atoms with Gasteiger partial charge in [0.1, 0.15) is 0 Å². The molecule has 0 aromatic rings. The lowest BCUT2D eigenvalue weighted by Crippen LogP contribution is -2.55. The van der Waals surface area contributed by atoms with Crippen molar-refractivity contribution < 1.29 is 4.74 Å². The first-order valence-electron chi connectivity index (χ1n) is 6.97. The Kier molecular flexibility index (Phi) is 3.54. The van der Waals surface area contributed by atoms with Gasteiger partial charge in [0.2, 0.25) is 0 Å². The van der Waals surface area contributed by atoms with Crippen LogP contribution in [0.1, 0.15) is 47.0 Å². The van der Waals surface area contributed by atoms with Crippen molar-refractivity contribution in [2.45, 2.75) is 64.7 Å². The van der Waals surface area contributed by atoms with E-state index in [1.165, 1.54) is 19.3 Å². The van der Waals surface area contributed by atoms with E-state index >= 15 is 0 Å². The molecule has 3 atom stereocenters. The highest BCUT2D eigenvalue weighted by Crippen LogP contribution is 2.38. The number of morpholine rings is 1. The van der Waals surface area contributed by atoms with Crippen LogP contribution in [0.2, 0.25) is 0 Å². The third-order valence-electron chi connectivity index (χ3n) is 4.38. The van der Waals surface area contributed by atoms with Gasteiger partial charge in [-0.1, -0.05) is 13.3 Å². The molecule has 100 valence electrons. The van der Waals surface area contributed by atoms with E-state index in [0.717, 1.165) is 19.6 Å². The normalized spacial score (nSPS) is 42.9. The summed E-state index contributed by atoms with van der Waals surface area (Å²) in [6, 6.07) is 0.378. The SMILES string of the molecule is CC1CN(CC2(C)CCCC2N)CC(C)(C)O1. The maximum Gasteiger partial charge on any atom is 0.0757 e. The van der Waals surface area contributed by atoms with Crippen molar-refractivity contribution in [2.24, 2.45) is 11.1 Å². The van der Waals surface area contributed by atoms with E-state index in [0.29, 0.717) is 17.6 Å². The highest BCUT2D eigenvalue weighted by molar-refractivity contribution is 4.95. The molecule has 1 saturated heterocycles. The third-order valence-corrected chi connectivity index (χ3v) is 4.38. The van der Waals surface area contributed by atoms with Crippen molar-refractivity contribution in [1.29, 1.82) is 0 Å². The molecule has 0 aromatic carbocycles. The van der Waals surface area contributed by atoms with Gasteiger partial charge in [-0.25, -0.2) is 0 Å². The fraction of sp³-hybridized carbons (Fsp3) is 1.00.